The minimum atomic E-state index is -0.802. The van der Waals surface area contributed by atoms with E-state index in [9.17, 15) is 13.6 Å². The van der Waals surface area contributed by atoms with E-state index < -0.39 is 11.6 Å². The maximum Gasteiger partial charge on any atom is 0.219 e. The monoisotopic (exact) mass is 402 g/mol. The number of benzene rings is 1. The molecule has 0 spiro atoms. The number of carbonyl (C=O) groups is 1. The Hall–Kier alpha value is -2.91. The summed E-state index contributed by atoms with van der Waals surface area (Å²) in [5.74, 6) is -1.50. The number of aryl methyl sites for hydroxylation is 1. The van der Waals surface area contributed by atoms with Gasteiger partial charge in [0.25, 0.3) is 0 Å². The number of amides is 1. The summed E-state index contributed by atoms with van der Waals surface area (Å²) in [6.07, 6.45) is 2.23. The van der Waals surface area contributed by atoms with Crippen LogP contribution in [0, 0.1) is 11.6 Å². The maximum atomic E-state index is 14.1. The molecule has 0 aliphatic rings. The highest BCUT2D eigenvalue weighted by Gasteiger charge is 2.18. The number of aromatic nitrogens is 3. The van der Waals surface area contributed by atoms with E-state index in [0.717, 1.165) is 38.3 Å². The standard InChI is InChI=1S/C18H12F2N4OS2/c1-23-15(9-13(22-23)18-21-6-7-26-18)16-4-5-17(27-16)24(10-25)14-3-2-11(19)8-12(14)20/h2-10H,1H3. The van der Waals surface area contributed by atoms with Gasteiger partial charge in [0.2, 0.25) is 6.41 Å². The van der Waals surface area contributed by atoms with Crippen molar-refractivity contribution in [1.29, 1.82) is 0 Å². The molecule has 0 aliphatic heterocycles. The molecule has 27 heavy (non-hydrogen) atoms. The highest BCUT2D eigenvalue weighted by atomic mass is 32.1. The fraction of sp³-hybridized carbons (Fsp3) is 0.0556. The summed E-state index contributed by atoms with van der Waals surface area (Å²) in [5.41, 5.74) is 1.60. The van der Waals surface area contributed by atoms with Crippen LogP contribution >= 0.6 is 22.7 Å². The van der Waals surface area contributed by atoms with E-state index in [-0.39, 0.29) is 5.69 Å². The molecular formula is C18H12F2N4OS2. The first-order chi connectivity index (χ1) is 13.1. The van der Waals surface area contributed by atoms with E-state index in [1.807, 2.05) is 24.6 Å². The van der Waals surface area contributed by atoms with Crippen molar-refractivity contribution in [1.82, 2.24) is 14.8 Å². The Morgan fingerprint density at radius 3 is 2.74 bits per heavy atom. The third-order valence-electron chi connectivity index (χ3n) is 3.89. The number of carbonyl (C=O) groups excluding carboxylic acids is 1. The molecule has 3 aromatic heterocycles. The minimum Gasteiger partial charge on any atom is -0.278 e. The number of rotatable bonds is 5. The molecule has 0 fully saturated rings. The van der Waals surface area contributed by atoms with Crippen molar-refractivity contribution < 1.29 is 13.6 Å². The number of nitrogens with zero attached hydrogens (tertiary/aromatic N) is 4. The molecule has 136 valence electrons. The van der Waals surface area contributed by atoms with Crippen molar-refractivity contribution in [3.63, 3.8) is 0 Å². The Morgan fingerprint density at radius 1 is 1.19 bits per heavy atom. The average molecular weight is 402 g/mol. The lowest BCUT2D eigenvalue weighted by Gasteiger charge is -2.15. The lowest BCUT2D eigenvalue weighted by atomic mass is 10.2. The summed E-state index contributed by atoms with van der Waals surface area (Å²) >= 11 is 2.80. The van der Waals surface area contributed by atoms with Crippen molar-refractivity contribution in [2.24, 2.45) is 7.05 Å². The number of thiazole rings is 1. The van der Waals surface area contributed by atoms with Crippen molar-refractivity contribution >= 4 is 39.8 Å². The van der Waals surface area contributed by atoms with Gasteiger partial charge < -0.3 is 0 Å². The van der Waals surface area contributed by atoms with Crippen LogP contribution in [0.1, 0.15) is 0 Å². The van der Waals surface area contributed by atoms with Crippen LogP contribution in [0.15, 0.2) is 48.0 Å². The summed E-state index contributed by atoms with van der Waals surface area (Å²) in [6.45, 7) is 0. The Labute approximate surface area is 161 Å². The first-order valence-electron chi connectivity index (χ1n) is 7.80. The summed E-state index contributed by atoms with van der Waals surface area (Å²) in [5, 5.41) is 7.69. The zero-order valence-corrected chi connectivity index (χ0v) is 15.6. The van der Waals surface area contributed by atoms with Crippen LogP contribution in [-0.4, -0.2) is 21.2 Å². The van der Waals surface area contributed by atoms with Gasteiger partial charge in [-0.1, -0.05) is 0 Å². The fourth-order valence-corrected chi connectivity index (χ4v) is 4.28. The Balaban J connectivity index is 1.70. The predicted octanol–water partition coefficient (Wildman–Crippen LogP) is 4.84. The highest BCUT2D eigenvalue weighted by Crippen LogP contribution is 2.38. The largest absolute Gasteiger partial charge is 0.278 e. The van der Waals surface area contributed by atoms with Crippen LogP contribution in [0.25, 0.3) is 21.3 Å². The van der Waals surface area contributed by atoms with Crippen molar-refractivity contribution in [3.8, 4) is 21.3 Å². The van der Waals surface area contributed by atoms with E-state index >= 15 is 0 Å². The highest BCUT2D eigenvalue weighted by molar-refractivity contribution is 7.19. The zero-order chi connectivity index (χ0) is 19.0. The first-order valence-corrected chi connectivity index (χ1v) is 9.50. The summed E-state index contributed by atoms with van der Waals surface area (Å²) < 4.78 is 29.0. The summed E-state index contributed by atoms with van der Waals surface area (Å²) in [4.78, 5) is 17.8. The molecule has 3 heterocycles. The van der Waals surface area contributed by atoms with Gasteiger partial charge in [-0.15, -0.1) is 22.7 Å². The molecule has 4 aromatic rings. The van der Waals surface area contributed by atoms with Gasteiger partial charge >= 0.3 is 0 Å². The second-order valence-corrected chi connectivity index (χ2v) is 7.54. The van der Waals surface area contributed by atoms with Crippen LogP contribution in [-0.2, 0) is 11.8 Å². The minimum absolute atomic E-state index is 0.00622. The fourth-order valence-electron chi connectivity index (χ4n) is 2.65. The van der Waals surface area contributed by atoms with E-state index in [0.29, 0.717) is 11.4 Å². The van der Waals surface area contributed by atoms with Crippen LogP contribution in [0.5, 0.6) is 0 Å². The van der Waals surface area contributed by atoms with E-state index in [2.05, 4.69) is 10.1 Å². The number of thiophene rings is 1. The molecular weight excluding hydrogens is 390 g/mol. The van der Waals surface area contributed by atoms with Gasteiger partial charge in [0, 0.05) is 24.7 Å². The van der Waals surface area contributed by atoms with Crippen LogP contribution in [0.3, 0.4) is 0 Å². The maximum absolute atomic E-state index is 14.1. The van der Waals surface area contributed by atoms with Gasteiger partial charge in [0.05, 0.1) is 16.3 Å². The third-order valence-corrected chi connectivity index (χ3v) is 5.79. The molecule has 0 radical (unpaired) electrons. The average Bonchev–Trinajstić information content (AvgIpc) is 3.37. The van der Waals surface area contributed by atoms with Crippen LogP contribution in [0.2, 0.25) is 0 Å². The molecule has 9 heteroatoms. The quantitative estimate of drug-likeness (QED) is 0.449. The summed E-state index contributed by atoms with van der Waals surface area (Å²) in [7, 11) is 1.82. The second-order valence-electron chi connectivity index (χ2n) is 5.58. The predicted molar refractivity (Wildman–Crippen MR) is 102 cm³/mol. The van der Waals surface area contributed by atoms with Crippen molar-refractivity contribution in [3.05, 3.63) is 59.6 Å². The Kier molecular flexibility index (Phi) is 4.54. The third kappa shape index (κ3) is 3.26. The van der Waals surface area contributed by atoms with E-state index in [4.69, 9.17) is 0 Å². The molecule has 5 nitrogen and oxygen atoms in total. The Bertz CT molecular complexity index is 1100. The van der Waals surface area contributed by atoms with Crippen LogP contribution < -0.4 is 4.90 Å². The zero-order valence-electron chi connectivity index (χ0n) is 14.0. The molecule has 0 bridgehead atoms. The molecule has 0 N–H and O–H groups in total. The lowest BCUT2D eigenvalue weighted by Crippen LogP contribution is -2.14. The number of halogens is 2. The Morgan fingerprint density at radius 2 is 2.04 bits per heavy atom. The molecule has 4 rings (SSSR count). The van der Waals surface area contributed by atoms with Gasteiger partial charge in [-0.2, -0.15) is 5.10 Å². The smallest absolute Gasteiger partial charge is 0.219 e. The van der Waals surface area contributed by atoms with Crippen molar-refractivity contribution in [2.45, 2.75) is 0 Å². The first kappa shape index (κ1) is 17.5. The molecule has 1 aromatic carbocycles. The molecule has 0 saturated heterocycles. The van der Waals surface area contributed by atoms with Gasteiger partial charge in [-0.05, 0) is 30.3 Å². The molecule has 1 amide bonds. The molecule has 0 saturated carbocycles. The van der Waals surface area contributed by atoms with Gasteiger partial charge in [-0.25, -0.2) is 13.8 Å². The topological polar surface area (TPSA) is 51.0 Å². The van der Waals surface area contributed by atoms with Crippen LogP contribution in [0.4, 0.5) is 19.5 Å². The number of anilines is 2. The number of hydrogen-bond acceptors (Lipinski definition) is 5. The molecule has 0 aliphatic carbocycles. The summed E-state index contributed by atoms with van der Waals surface area (Å²) in [6, 6.07) is 8.57. The normalized spacial score (nSPS) is 10.9. The number of hydrogen-bond donors (Lipinski definition) is 0. The molecule has 0 atom stereocenters. The van der Waals surface area contributed by atoms with Gasteiger partial charge in [0.15, 0.2) is 0 Å². The van der Waals surface area contributed by atoms with Gasteiger partial charge in [0.1, 0.15) is 27.3 Å². The second kappa shape index (κ2) is 7.01. The van der Waals surface area contributed by atoms with E-state index in [1.54, 1.807) is 16.9 Å². The SMILES string of the molecule is Cn1nc(-c2nccs2)cc1-c1ccc(N(C=O)c2ccc(F)cc2F)s1. The van der Waals surface area contributed by atoms with Gasteiger partial charge in [-0.3, -0.25) is 14.4 Å². The molecule has 0 unspecified atom stereocenters. The van der Waals surface area contributed by atoms with E-state index in [1.165, 1.54) is 28.7 Å². The van der Waals surface area contributed by atoms with Crippen molar-refractivity contribution in [2.75, 3.05) is 4.90 Å². The lowest BCUT2D eigenvalue weighted by molar-refractivity contribution is -0.106.